The second-order valence-electron chi connectivity index (χ2n) is 7.42. The summed E-state index contributed by atoms with van der Waals surface area (Å²) in [6.07, 6.45) is 0.294. The molecule has 4 rings (SSSR count). The number of esters is 1. The van der Waals surface area contributed by atoms with Crippen molar-refractivity contribution < 1.29 is 18.8 Å². The number of nitrogens with zero attached hydrogens (tertiary/aromatic N) is 3. The van der Waals surface area contributed by atoms with Gasteiger partial charge in [0.2, 0.25) is 17.5 Å². The number of aromatic nitrogens is 3. The maximum absolute atomic E-state index is 12.7. The first-order valence-electron chi connectivity index (χ1n) is 10.3. The van der Waals surface area contributed by atoms with Crippen molar-refractivity contribution in [3.63, 3.8) is 0 Å². The van der Waals surface area contributed by atoms with Gasteiger partial charge in [-0.3, -0.25) is 9.59 Å². The predicted molar refractivity (Wildman–Crippen MR) is 119 cm³/mol. The third kappa shape index (κ3) is 4.67. The quantitative estimate of drug-likeness (QED) is 0.303. The summed E-state index contributed by atoms with van der Waals surface area (Å²) in [5, 5.41) is 3.93. The Bertz CT molecular complexity index is 1230. The Morgan fingerprint density at radius 1 is 1.00 bits per heavy atom. The van der Waals surface area contributed by atoms with Crippen molar-refractivity contribution in [3.8, 4) is 17.1 Å². The number of Topliss-reactive ketones (excluding diaryl/α,β-unsaturated/α-hetero) is 1. The molecule has 0 radical (unpaired) electrons. The third-order valence-electron chi connectivity index (χ3n) is 5.15. The molecule has 0 aliphatic heterocycles. The molecule has 32 heavy (non-hydrogen) atoms. The van der Waals surface area contributed by atoms with Gasteiger partial charge >= 0.3 is 5.97 Å². The van der Waals surface area contributed by atoms with Gasteiger partial charge in [-0.15, -0.1) is 0 Å². The molecule has 2 aromatic heterocycles. The van der Waals surface area contributed by atoms with Crippen LogP contribution in [0.1, 0.15) is 34.1 Å². The second-order valence-corrected chi connectivity index (χ2v) is 7.42. The molecule has 0 unspecified atom stereocenters. The molecular weight excluding hydrogens is 406 g/mol. The zero-order valence-electron chi connectivity index (χ0n) is 17.9. The van der Waals surface area contributed by atoms with Gasteiger partial charge in [-0.2, -0.15) is 4.98 Å². The highest BCUT2D eigenvalue weighted by Gasteiger charge is 2.18. The number of ether oxygens (including phenoxy) is 1. The van der Waals surface area contributed by atoms with Gasteiger partial charge in [-0.05, 0) is 32.0 Å². The minimum atomic E-state index is -0.491. The van der Waals surface area contributed by atoms with Crippen LogP contribution >= 0.6 is 0 Å². The molecule has 0 N–H and O–H groups in total. The monoisotopic (exact) mass is 429 g/mol. The van der Waals surface area contributed by atoms with E-state index in [2.05, 4.69) is 10.1 Å². The van der Waals surface area contributed by atoms with Crippen molar-refractivity contribution in [2.45, 2.75) is 26.7 Å². The highest BCUT2D eigenvalue weighted by molar-refractivity contribution is 5.99. The summed E-state index contributed by atoms with van der Waals surface area (Å²) >= 11 is 0. The van der Waals surface area contributed by atoms with Crippen LogP contribution in [-0.2, 0) is 16.0 Å². The van der Waals surface area contributed by atoms with E-state index in [1.807, 2.05) is 85.1 Å². The van der Waals surface area contributed by atoms with E-state index in [-0.39, 0.29) is 25.2 Å². The van der Waals surface area contributed by atoms with E-state index < -0.39 is 5.97 Å². The Labute approximate surface area is 185 Å². The molecule has 0 amide bonds. The van der Waals surface area contributed by atoms with Gasteiger partial charge in [0.1, 0.15) is 0 Å². The minimum Gasteiger partial charge on any atom is -0.457 e. The van der Waals surface area contributed by atoms with Crippen LogP contribution in [0.4, 0.5) is 0 Å². The molecule has 162 valence electrons. The van der Waals surface area contributed by atoms with E-state index in [0.29, 0.717) is 17.3 Å². The first kappa shape index (κ1) is 21.2. The Hall–Kier alpha value is -4.00. The standard InChI is InChI=1S/C25H23N3O4/c1-17-15-21(18(2)28(17)20-11-7-4-8-12-20)22(29)16-31-24(30)14-13-23-26-25(27-32-23)19-9-5-3-6-10-19/h3-12,15H,13-14,16H2,1-2H3. The van der Waals surface area contributed by atoms with Crippen molar-refractivity contribution in [2.75, 3.05) is 6.61 Å². The maximum Gasteiger partial charge on any atom is 0.306 e. The predicted octanol–water partition coefficient (Wildman–Crippen LogP) is 4.50. The van der Waals surface area contributed by atoms with Gasteiger partial charge in [0.05, 0.1) is 6.42 Å². The summed E-state index contributed by atoms with van der Waals surface area (Å²) in [6, 6.07) is 21.1. The fourth-order valence-electron chi connectivity index (χ4n) is 3.59. The fraction of sp³-hybridized carbons (Fsp3) is 0.200. The number of hydrogen-bond acceptors (Lipinski definition) is 6. The van der Waals surface area contributed by atoms with Gasteiger partial charge in [-0.1, -0.05) is 53.7 Å². The van der Waals surface area contributed by atoms with Crippen LogP contribution in [0.2, 0.25) is 0 Å². The topological polar surface area (TPSA) is 87.2 Å². The van der Waals surface area contributed by atoms with E-state index in [1.54, 1.807) is 0 Å². The Morgan fingerprint density at radius 2 is 1.69 bits per heavy atom. The molecule has 2 aromatic carbocycles. The van der Waals surface area contributed by atoms with Gasteiger partial charge in [0.25, 0.3) is 0 Å². The lowest BCUT2D eigenvalue weighted by molar-refractivity contribution is -0.142. The Balaban J connectivity index is 1.32. The summed E-state index contributed by atoms with van der Waals surface area (Å²) in [4.78, 5) is 29.1. The number of carbonyl (C=O) groups is 2. The highest BCUT2D eigenvalue weighted by Crippen LogP contribution is 2.21. The molecule has 4 aromatic rings. The minimum absolute atomic E-state index is 0.0484. The van der Waals surface area contributed by atoms with Crippen LogP contribution in [0.25, 0.3) is 17.1 Å². The van der Waals surface area contributed by atoms with Crippen LogP contribution < -0.4 is 0 Å². The Kier molecular flexibility index (Phi) is 6.26. The SMILES string of the molecule is Cc1cc(C(=O)COC(=O)CCc2nc(-c3ccccc3)no2)c(C)n1-c1ccccc1. The molecule has 2 heterocycles. The van der Waals surface area contributed by atoms with Crippen molar-refractivity contribution in [1.82, 2.24) is 14.7 Å². The van der Waals surface area contributed by atoms with Crippen molar-refractivity contribution in [2.24, 2.45) is 0 Å². The first-order valence-corrected chi connectivity index (χ1v) is 10.3. The Morgan fingerprint density at radius 3 is 2.41 bits per heavy atom. The van der Waals surface area contributed by atoms with Gasteiger partial charge in [0.15, 0.2) is 6.61 Å². The normalized spacial score (nSPS) is 10.8. The average molecular weight is 429 g/mol. The zero-order chi connectivity index (χ0) is 22.5. The number of aryl methyl sites for hydroxylation is 2. The molecule has 7 heteroatoms. The van der Waals surface area contributed by atoms with E-state index >= 15 is 0 Å². The summed E-state index contributed by atoms with van der Waals surface area (Å²) in [5.41, 5.74) is 4.11. The van der Waals surface area contributed by atoms with E-state index in [9.17, 15) is 9.59 Å². The molecule has 0 spiro atoms. The van der Waals surface area contributed by atoms with Gasteiger partial charge in [-0.25, -0.2) is 0 Å². The van der Waals surface area contributed by atoms with Crippen molar-refractivity contribution in [3.05, 3.63) is 89.6 Å². The molecule has 0 aliphatic rings. The lowest BCUT2D eigenvalue weighted by atomic mass is 10.1. The number of hydrogen-bond donors (Lipinski definition) is 0. The lowest BCUT2D eigenvalue weighted by Gasteiger charge is -2.09. The molecule has 0 fully saturated rings. The summed E-state index contributed by atoms with van der Waals surface area (Å²) in [6.45, 7) is 3.52. The molecule has 0 aliphatic carbocycles. The fourth-order valence-corrected chi connectivity index (χ4v) is 3.59. The number of ketones is 1. The van der Waals surface area contributed by atoms with E-state index in [4.69, 9.17) is 9.26 Å². The van der Waals surface area contributed by atoms with Crippen LogP contribution in [0.5, 0.6) is 0 Å². The number of benzene rings is 2. The summed E-state index contributed by atoms with van der Waals surface area (Å²) in [7, 11) is 0. The van der Waals surface area contributed by atoms with Crippen molar-refractivity contribution >= 4 is 11.8 Å². The van der Waals surface area contributed by atoms with Crippen molar-refractivity contribution in [1.29, 1.82) is 0 Å². The molecule has 0 saturated carbocycles. The molecular formula is C25H23N3O4. The van der Waals surface area contributed by atoms with E-state index in [1.165, 1.54) is 0 Å². The van der Waals surface area contributed by atoms with E-state index in [0.717, 1.165) is 22.6 Å². The largest absolute Gasteiger partial charge is 0.457 e. The highest BCUT2D eigenvalue weighted by atomic mass is 16.5. The third-order valence-corrected chi connectivity index (χ3v) is 5.15. The molecule has 0 bridgehead atoms. The van der Waals surface area contributed by atoms with Gasteiger partial charge < -0.3 is 13.8 Å². The van der Waals surface area contributed by atoms with Crippen LogP contribution in [0, 0.1) is 13.8 Å². The average Bonchev–Trinajstić information content (AvgIpc) is 3.41. The van der Waals surface area contributed by atoms with Crippen LogP contribution in [0.3, 0.4) is 0 Å². The number of carbonyl (C=O) groups excluding carboxylic acids is 2. The number of para-hydroxylation sites is 1. The lowest BCUT2D eigenvalue weighted by Crippen LogP contribution is -2.15. The molecule has 0 atom stereocenters. The smallest absolute Gasteiger partial charge is 0.306 e. The van der Waals surface area contributed by atoms with Crippen LogP contribution in [-0.4, -0.2) is 33.1 Å². The number of rotatable bonds is 8. The summed E-state index contributed by atoms with van der Waals surface area (Å²) in [5.74, 6) is 0.0870. The zero-order valence-corrected chi connectivity index (χ0v) is 17.9. The maximum atomic E-state index is 12.7. The second kappa shape index (κ2) is 9.43. The first-order chi connectivity index (χ1) is 15.5. The van der Waals surface area contributed by atoms with Gasteiger partial charge in [0, 0.05) is 34.6 Å². The summed E-state index contributed by atoms with van der Waals surface area (Å²) < 4.78 is 12.4. The molecule has 7 nitrogen and oxygen atoms in total. The van der Waals surface area contributed by atoms with Crippen LogP contribution in [0.15, 0.2) is 71.3 Å². The molecule has 0 saturated heterocycles.